The molecule has 1 aliphatic heterocycles. The molecule has 0 amide bonds. The average Bonchev–Trinajstić information content (AvgIpc) is 3.00. The van der Waals surface area contributed by atoms with E-state index in [1.807, 2.05) is 12.1 Å². The Hall–Kier alpha value is -1.53. The van der Waals surface area contributed by atoms with Crippen LogP contribution in [0.2, 0.25) is 0 Å². The summed E-state index contributed by atoms with van der Waals surface area (Å²) in [6.45, 7) is 4.18. The highest BCUT2D eigenvalue weighted by Gasteiger charge is 2.33. The summed E-state index contributed by atoms with van der Waals surface area (Å²) < 4.78 is 5.24. The molecule has 0 N–H and O–H groups in total. The number of likely N-dealkylation sites (tertiary alicyclic amines) is 1. The van der Waals surface area contributed by atoms with Crippen LogP contribution in [0.1, 0.15) is 31.7 Å². The van der Waals surface area contributed by atoms with Crippen LogP contribution in [0.4, 0.5) is 0 Å². The van der Waals surface area contributed by atoms with Crippen molar-refractivity contribution in [1.29, 1.82) is 5.26 Å². The molecule has 0 aromatic heterocycles. The van der Waals surface area contributed by atoms with Crippen LogP contribution in [-0.4, -0.2) is 30.6 Å². The van der Waals surface area contributed by atoms with E-state index in [1.54, 1.807) is 7.11 Å². The lowest BCUT2D eigenvalue weighted by Crippen LogP contribution is -2.43. The fourth-order valence-corrected chi connectivity index (χ4v) is 2.71. The number of aryl methyl sites for hydroxylation is 1. The number of rotatable bonds is 5. The van der Waals surface area contributed by atoms with E-state index >= 15 is 0 Å². The minimum Gasteiger partial charge on any atom is -0.497 e. The highest BCUT2D eigenvalue weighted by molar-refractivity contribution is 5.29. The van der Waals surface area contributed by atoms with E-state index in [1.165, 1.54) is 18.4 Å². The van der Waals surface area contributed by atoms with Gasteiger partial charge >= 0.3 is 0 Å². The predicted octanol–water partition coefficient (Wildman–Crippen LogP) is 3.01. The Morgan fingerprint density at radius 2 is 2.11 bits per heavy atom. The van der Waals surface area contributed by atoms with E-state index in [2.05, 4.69) is 30.0 Å². The number of hydrogen-bond donors (Lipinski definition) is 0. The van der Waals surface area contributed by atoms with Gasteiger partial charge in [0.1, 0.15) is 11.3 Å². The predicted molar refractivity (Wildman–Crippen MR) is 76.1 cm³/mol. The number of benzene rings is 1. The van der Waals surface area contributed by atoms with Gasteiger partial charge in [0, 0.05) is 0 Å². The maximum absolute atomic E-state index is 9.51. The smallest absolute Gasteiger partial charge is 0.119 e. The lowest BCUT2D eigenvalue weighted by atomic mass is 9.93. The quantitative estimate of drug-likeness (QED) is 0.814. The maximum atomic E-state index is 9.51. The van der Waals surface area contributed by atoms with Crippen LogP contribution in [0.3, 0.4) is 0 Å². The third kappa shape index (κ3) is 3.27. The van der Waals surface area contributed by atoms with Gasteiger partial charge in [-0.1, -0.05) is 12.1 Å². The van der Waals surface area contributed by atoms with Gasteiger partial charge in [-0.25, -0.2) is 0 Å². The second-order valence-corrected chi connectivity index (χ2v) is 5.43. The van der Waals surface area contributed by atoms with E-state index < -0.39 is 0 Å². The minimum atomic E-state index is -0.334. The molecule has 1 heterocycles. The summed E-state index contributed by atoms with van der Waals surface area (Å²) in [5.74, 6) is 0.886. The maximum Gasteiger partial charge on any atom is 0.119 e. The largest absolute Gasteiger partial charge is 0.497 e. The first-order chi connectivity index (χ1) is 9.18. The molecule has 1 aromatic rings. The average molecular weight is 258 g/mol. The van der Waals surface area contributed by atoms with E-state index in [9.17, 15) is 5.26 Å². The van der Waals surface area contributed by atoms with Crippen molar-refractivity contribution in [2.75, 3.05) is 20.2 Å². The van der Waals surface area contributed by atoms with Gasteiger partial charge in [0.15, 0.2) is 0 Å². The van der Waals surface area contributed by atoms with Gasteiger partial charge in [-0.05, 0) is 63.4 Å². The van der Waals surface area contributed by atoms with Gasteiger partial charge in [-0.3, -0.25) is 4.90 Å². The normalized spacial score (nSPS) is 18.8. The second-order valence-electron chi connectivity index (χ2n) is 5.43. The van der Waals surface area contributed by atoms with Crippen molar-refractivity contribution in [1.82, 2.24) is 4.90 Å². The first-order valence-corrected chi connectivity index (χ1v) is 6.97. The fourth-order valence-electron chi connectivity index (χ4n) is 2.71. The Bertz CT molecular complexity index is 460. The molecule has 3 nitrogen and oxygen atoms in total. The Labute approximate surface area is 115 Å². The summed E-state index contributed by atoms with van der Waals surface area (Å²) in [5, 5.41) is 9.51. The molecule has 1 aromatic carbocycles. The molecule has 0 saturated carbocycles. The van der Waals surface area contributed by atoms with Gasteiger partial charge in [0.2, 0.25) is 0 Å². The van der Waals surface area contributed by atoms with Crippen molar-refractivity contribution in [3.63, 3.8) is 0 Å². The highest BCUT2D eigenvalue weighted by Crippen LogP contribution is 2.26. The lowest BCUT2D eigenvalue weighted by molar-refractivity contribution is 0.181. The van der Waals surface area contributed by atoms with Crippen LogP contribution in [0.25, 0.3) is 0 Å². The zero-order valence-corrected chi connectivity index (χ0v) is 11.9. The standard InChI is InChI=1S/C16H22N2O/c1-16(13-17,18-10-3-4-11-18)9-8-14-6-5-7-15(12-14)19-2/h5-7,12H,3-4,8-11H2,1-2H3. The zero-order valence-electron chi connectivity index (χ0n) is 11.9. The summed E-state index contributed by atoms with van der Waals surface area (Å²) >= 11 is 0. The van der Waals surface area contributed by atoms with Gasteiger partial charge in [0.25, 0.3) is 0 Å². The molecule has 19 heavy (non-hydrogen) atoms. The molecule has 2 rings (SSSR count). The second kappa shape index (κ2) is 6.08. The SMILES string of the molecule is COc1cccc(CCC(C)(C#N)N2CCCC2)c1. The van der Waals surface area contributed by atoms with Crippen molar-refractivity contribution in [2.24, 2.45) is 0 Å². The fraction of sp³-hybridized carbons (Fsp3) is 0.562. The molecular formula is C16H22N2O. The highest BCUT2D eigenvalue weighted by atomic mass is 16.5. The topological polar surface area (TPSA) is 36.3 Å². The molecule has 1 aliphatic rings. The molecule has 3 heteroatoms. The minimum absolute atomic E-state index is 0.334. The molecule has 1 unspecified atom stereocenters. The van der Waals surface area contributed by atoms with E-state index in [4.69, 9.17) is 4.74 Å². The van der Waals surface area contributed by atoms with Crippen molar-refractivity contribution in [2.45, 2.75) is 38.1 Å². The molecule has 1 fully saturated rings. The van der Waals surface area contributed by atoms with Crippen LogP contribution >= 0.6 is 0 Å². The van der Waals surface area contributed by atoms with E-state index in [0.717, 1.165) is 31.7 Å². The molecule has 0 spiro atoms. The Morgan fingerprint density at radius 1 is 1.37 bits per heavy atom. The third-order valence-corrected chi connectivity index (χ3v) is 4.08. The van der Waals surface area contributed by atoms with Crippen LogP contribution in [0.5, 0.6) is 5.75 Å². The summed E-state index contributed by atoms with van der Waals surface area (Å²) in [6.07, 6.45) is 4.22. The summed E-state index contributed by atoms with van der Waals surface area (Å²) in [7, 11) is 1.68. The summed E-state index contributed by atoms with van der Waals surface area (Å²) in [5.41, 5.74) is 0.902. The van der Waals surface area contributed by atoms with E-state index in [0.29, 0.717) is 0 Å². The zero-order chi connectivity index (χ0) is 13.7. The lowest BCUT2D eigenvalue weighted by Gasteiger charge is -2.32. The molecule has 0 bridgehead atoms. The molecule has 0 radical (unpaired) electrons. The Kier molecular flexibility index (Phi) is 4.44. The van der Waals surface area contributed by atoms with Crippen molar-refractivity contribution in [3.8, 4) is 11.8 Å². The van der Waals surface area contributed by atoms with Gasteiger partial charge in [-0.15, -0.1) is 0 Å². The Balaban J connectivity index is 2.01. The van der Waals surface area contributed by atoms with Gasteiger partial charge in [-0.2, -0.15) is 5.26 Å². The van der Waals surface area contributed by atoms with E-state index in [-0.39, 0.29) is 5.54 Å². The number of methoxy groups -OCH3 is 1. The number of nitriles is 1. The summed E-state index contributed by atoms with van der Waals surface area (Å²) in [6, 6.07) is 10.6. The first-order valence-electron chi connectivity index (χ1n) is 6.97. The summed E-state index contributed by atoms with van der Waals surface area (Å²) in [4.78, 5) is 2.33. The number of nitrogens with zero attached hydrogens (tertiary/aromatic N) is 2. The van der Waals surface area contributed by atoms with Gasteiger partial charge in [0.05, 0.1) is 13.2 Å². The van der Waals surface area contributed by atoms with Gasteiger partial charge < -0.3 is 4.74 Å². The van der Waals surface area contributed by atoms with Crippen LogP contribution in [0, 0.1) is 11.3 Å². The Morgan fingerprint density at radius 3 is 2.74 bits per heavy atom. The third-order valence-electron chi connectivity index (χ3n) is 4.08. The number of ether oxygens (including phenoxy) is 1. The van der Waals surface area contributed by atoms with Crippen molar-refractivity contribution >= 4 is 0 Å². The monoisotopic (exact) mass is 258 g/mol. The van der Waals surface area contributed by atoms with Crippen molar-refractivity contribution < 1.29 is 4.74 Å². The number of hydrogen-bond acceptors (Lipinski definition) is 3. The first kappa shape index (κ1) is 13.9. The van der Waals surface area contributed by atoms with Crippen LogP contribution < -0.4 is 4.74 Å². The van der Waals surface area contributed by atoms with Crippen molar-refractivity contribution in [3.05, 3.63) is 29.8 Å². The van der Waals surface area contributed by atoms with Crippen LogP contribution in [-0.2, 0) is 6.42 Å². The molecular weight excluding hydrogens is 236 g/mol. The molecule has 1 saturated heterocycles. The molecule has 102 valence electrons. The van der Waals surface area contributed by atoms with Crippen LogP contribution in [0.15, 0.2) is 24.3 Å². The molecule has 1 atom stereocenters. The molecule has 0 aliphatic carbocycles.